The van der Waals surface area contributed by atoms with Crippen LogP contribution < -0.4 is 0 Å². The normalized spacial score (nSPS) is 8.00. The van der Waals surface area contributed by atoms with E-state index in [2.05, 4.69) is 6.58 Å². The topological polar surface area (TPSA) is 71.4 Å². The zero-order valence-corrected chi connectivity index (χ0v) is 5.66. The maximum absolute atomic E-state index is 10.5. The van der Waals surface area contributed by atoms with Crippen LogP contribution in [-0.2, 0) is 14.4 Å². The Kier molecular flexibility index (Phi) is 3.56. The quantitative estimate of drug-likeness (QED) is 0.456. The Morgan fingerprint density at radius 1 is 1.55 bits per heavy atom. The summed E-state index contributed by atoms with van der Waals surface area (Å²) in [7, 11) is 0. The molecule has 0 amide bonds. The van der Waals surface area contributed by atoms with Crippen LogP contribution in [0, 0.1) is 0 Å². The van der Waals surface area contributed by atoms with Crippen molar-refractivity contribution in [3.05, 3.63) is 18.2 Å². The van der Waals surface area contributed by atoms with Gasteiger partial charge in [-0.2, -0.15) is 0 Å². The van der Waals surface area contributed by atoms with Gasteiger partial charge in [0.05, 0.1) is 6.42 Å². The van der Waals surface area contributed by atoms with Gasteiger partial charge >= 0.3 is 5.97 Å². The second-order valence-electron chi connectivity index (χ2n) is 1.73. The largest absolute Gasteiger partial charge is 0.477 e. The van der Waals surface area contributed by atoms with Crippen molar-refractivity contribution in [3.8, 4) is 0 Å². The first kappa shape index (κ1) is 9.33. The molecule has 1 N–H and O–H groups in total. The molecule has 0 radical (unpaired) electrons. The summed E-state index contributed by atoms with van der Waals surface area (Å²) in [5.74, 6) is -0.764. The highest BCUT2D eigenvalue weighted by Gasteiger charge is 2.10. The molecular weight excluding hydrogens is 148 g/mol. The molecule has 0 heterocycles. The van der Waals surface area contributed by atoms with E-state index in [4.69, 9.17) is 5.11 Å². The Labute approximate surface area is 62.8 Å². The Hall–Kier alpha value is -1.67. The lowest BCUT2D eigenvalue weighted by Gasteiger charge is -1.90. The van der Waals surface area contributed by atoms with Crippen molar-refractivity contribution in [1.82, 2.24) is 0 Å². The lowest BCUT2D eigenvalue weighted by molar-refractivity contribution is -0.133. The van der Waals surface area contributed by atoms with E-state index in [9.17, 15) is 14.4 Å². The van der Waals surface area contributed by atoms with Gasteiger partial charge in [0, 0.05) is 0 Å². The standard InChI is InChI=1S/C7H6O4/c1-2-6(9)3-5(4-8)7(10)11/h2H,1,3H2,(H,10,11). The first-order valence-electron chi connectivity index (χ1n) is 2.74. The van der Waals surface area contributed by atoms with Crippen LogP contribution in [-0.4, -0.2) is 22.8 Å². The van der Waals surface area contributed by atoms with Crippen molar-refractivity contribution >= 4 is 17.7 Å². The lowest BCUT2D eigenvalue weighted by Crippen LogP contribution is -2.05. The van der Waals surface area contributed by atoms with Crippen molar-refractivity contribution in [3.63, 3.8) is 0 Å². The van der Waals surface area contributed by atoms with Gasteiger partial charge < -0.3 is 5.11 Å². The van der Waals surface area contributed by atoms with E-state index < -0.39 is 23.7 Å². The van der Waals surface area contributed by atoms with Crippen molar-refractivity contribution in [2.24, 2.45) is 0 Å². The minimum atomic E-state index is -1.42. The Bertz CT molecular complexity index is 245. The maximum Gasteiger partial charge on any atom is 0.343 e. The van der Waals surface area contributed by atoms with Crippen LogP contribution in [0.3, 0.4) is 0 Å². The summed E-state index contributed by atoms with van der Waals surface area (Å²) in [6.07, 6.45) is 0.516. The molecule has 0 spiro atoms. The van der Waals surface area contributed by atoms with Crippen LogP contribution in [0.1, 0.15) is 6.42 Å². The highest BCUT2D eigenvalue weighted by atomic mass is 16.4. The van der Waals surface area contributed by atoms with Crippen LogP contribution in [0.2, 0.25) is 0 Å². The highest BCUT2D eigenvalue weighted by molar-refractivity contribution is 6.03. The van der Waals surface area contributed by atoms with Gasteiger partial charge in [0.15, 0.2) is 5.78 Å². The van der Waals surface area contributed by atoms with Crippen molar-refractivity contribution in [2.75, 3.05) is 0 Å². The van der Waals surface area contributed by atoms with Gasteiger partial charge in [0.1, 0.15) is 11.5 Å². The Morgan fingerprint density at radius 2 is 2.09 bits per heavy atom. The summed E-state index contributed by atoms with van der Waals surface area (Å²) in [6.45, 7) is 3.12. The molecule has 4 nitrogen and oxygen atoms in total. The van der Waals surface area contributed by atoms with Crippen molar-refractivity contribution in [2.45, 2.75) is 6.42 Å². The van der Waals surface area contributed by atoms with E-state index in [-0.39, 0.29) is 0 Å². The minimum absolute atomic E-state index is 0.442. The summed E-state index contributed by atoms with van der Waals surface area (Å²) in [6, 6.07) is 0. The Morgan fingerprint density at radius 3 is 2.36 bits per heavy atom. The minimum Gasteiger partial charge on any atom is -0.477 e. The summed E-state index contributed by atoms with van der Waals surface area (Å²) in [5, 5.41) is 8.23. The zero-order valence-electron chi connectivity index (χ0n) is 5.66. The average molecular weight is 154 g/mol. The molecule has 0 rings (SSSR count). The molecule has 0 unspecified atom stereocenters. The smallest absolute Gasteiger partial charge is 0.343 e. The van der Waals surface area contributed by atoms with E-state index in [1.165, 1.54) is 5.94 Å². The monoisotopic (exact) mass is 154 g/mol. The fourth-order valence-corrected chi connectivity index (χ4v) is 0.402. The molecule has 0 atom stereocenters. The molecule has 11 heavy (non-hydrogen) atoms. The van der Waals surface area contributed by atoms with E-state index in [1.54, 1.807) is 0 Å². The molecule has 58 valence electrons. The molecular formula is C7H6O4. The number of hydrogen-bond acceptors (Lipinski definition) is 3. The number of aliphatic carboxylic acids is 1. The number of allylic oxidation sites excluding steroid dienone is 1. The third-order valence-electron chi connectivity index (χ3n) is 0.960. The van der Waals surface area contributed by atoms with Crippen LogP contribution in [0.4, 0.5) is 0 Å². The Balaban J connectivity index is 4.35. The highest BCUT2D eigenvalue weighted by Crippen LogP contribution is 1.97. The number of carboxylic acids is 1. The molecule has 0 saturated heterocycles. The average Bonchev–Trinajstić information content (AvgIpc) is 1.99. The predicted octanol–water partition coefficient (Wildman–Crippen LogP) is -0.0258. The van der Waals surface area contributed by atoms with Crippen molar-refractivity contribution in [1.29, 1.82) is 0 Å². The van der Waals surface area contributed by atoms with Crippen LogP contribution in [0.5, 0.6) is 0 Å². The predicted molar refractivity (Wildman–Crippen MR) is 36.7 cm³/mol. The first-order valence-corrected chi connectivity index (χ1v) is 2.74. The lowest BCUT2D eigenvalue weighted by atomic mass is 10.1. The fraction of sp³-hybridized carbons (Fsp3) is 0.143. The third kappa shape index (κ3) is 3.13. The van der Waals surface area contributed by atoms with E-state index in [0.29, 0.717) is 0 Å². The molecule has 4 heteroatoms. The molecule has 0 fully saturated rings. The summed E-state index contributed by atoms with van der Waals surface area (Å²) in [4.78, 5) is 30.5. The van der Waals surface area contributed by atoms with Gasteiger partial charge in [0.25, 0.3) is 0 Å². The molecule has 0 saturated carbocycles. The third-order valence-corrected chi connectivity index (χ3v) is 0.960. The first-order chi connectivity index (χ1) is 5.11. The van der Waals surface area contributed by atoms with Gasteiger partial charge in [-0.1, -0.05) is 6.58 Å². The maximum atomic E-state index is 10.5. The molecule has 0 bridgehead atoms. The number of carboxylic acid groups (broad SMARTS) is 1. The number of carbonyl (C=O) groups excluding carboxylic acids is 2. The molecule has 0 aromatic rings. The molecule has 0 aromatic heterocycles. The van der Waals surface area contributed by atoms with E-state index >= 15 is 0 Å². The number of ketones is 1. The SMILES string of the molecule is C=CC(=O)CC(=C=O)C(=O)O. The number of rotatable bonds is 4. The summed E-state index contributed by atoms with van der Waals surface area (Å²) in [5.41, 5.74) is -0.574. The fourth-order valence-electron chi connectivity index (χ4n) is 0.402. The van der Waals surface area contributed by atoms with Crippen molar-refractivity contribution < 1.29 is 19.5 Å². The molecule has 0 aliphatic heterocycles. The van der Waals surface area contributed by atoms with Gasteiger partial charge in [-0.05, 0) is 6.08 Å². The van der Waals surface area contributed by atoms with Crippen LogP contribution in [0.15, 0.2) is 18.2 Å². The molecule has 0 aromatic carbocycles. The van der Waals surface area contributed by atoms with Crippen LogP contribution in [0.25, 0.3) is 0 Å². The molecule has 0 aliphatic carbocycles. The zero-order chi connectivity index (χ0) is 8.85. The van der Waals surface area contributed by atoms with Gasteiger partial charge in [0.2, 0.25) is 0 Å². The van der Waals surface area contributed by atoms with E-state index in [1.807, 2.05) is 0 Å². The second kappa shape index (κ2) is 4.19. The number of carbonyl (C=O) groups is 2. The van der Waals surface area contributed by atoms with Gasteiger partial charge in [-0.25, -0.2) is 9.59 Å². The summed E-state index contributed by atoms with van der Waals surface area (Å²) < 4.78 is 0. The summed E-state index contributed by atoms with van der Waals surface area (Å²) >= 11 is 0. The van der Waals surface area contributed by atoms with Gasteiger partial charge in [-0.3, -0.25) is 4.79 Å². The second-order valence-corrected chi connectivity index (χ2v) is 1.73. The van der Waals surface area contributed by atoms with Gasteiger partial charge in [-0.15, -0.1) is 0 Å². The number of hydrogen-bond donors (Lipinski definition) is 1. The van der Waals surface area contributed by atoms with E-state index in [0.717, 1.165) is 6.08 Å². The van der Waals surface area contributed by atoms with Crippen LogP contribution >= 0.6 is 0 Å². The molecule has 0 aliphatic rings.